The van der Waals surface area contributed by atoms with Crippen molar-refractivity contribution in [2.24, 2.45) is 0 Å². The van der Waals surface area contributed by atoms with Gasteiger partial charge in [-0.15, -0.1) is 4.57 Å². The second kappa shape index (κ2) is 12.3. The molecule has 0 unspecified atom stereocenters. The normalized spacial score (nSPS) is 11.5. The number of hydrogen-bond donors (Lipinski definition) is 0. The van der Waals surface area contributed by atoms with Crippen LogP contribution in [0.25, 0.3) is 89.9 Å². The van der Waals surface area contributed by atoms with E-state index in [0.717, 1.165) is 72.4 Å². The highest BCUT2D eigenvalue weighted by Crippen LogP contribution is 2.39. The third-order valence-corrected chi connectivity index (χ3v) is 9.51. The first-order valence-electron chi connectivity index (χ1n) is 17.3. The van der Waals surface area contributed by atoms with E-state index < -0.39 is 0 Å². The van der Waals surface area contributed by atoms with Crippen LogP contribution in [0, 0.1) is 0 Å². The van der Waals surface area contributed by atoms with Crippen LogP contribution in [0.3, 0.4) is 0 Å². The van der Waals surface area contributed by atoms with Crippen molar-refractivity contribution >= 4 is 32.9 Å². The fourth-order valence-corrected chi connectivity index (χ4v) is 7.14. The first kappa shape index (κ1) is 29.7. The molecule has 10 rings (SSSR count). The third-order valence-electron chi connectivity index (χ3n) is 9.51. The first-order valence-corrected chi connectivity index (χ1v) is 17.3. The maximum atomic E-state index is 7.00. The zero-order chi connectivity index (χ0) is 34.4. The number of hydrogen-bond acceptors (Lipinski definition) is 4. The van der Waals surface area contributed by atoms with Gasteiger partial charge in [0, 0.05) is 51.3 Å². The van der Waals surface area contributed by atoms with Gasteiger partial charge >= 0.3 is 5.89 Å². The quantitative estimate of drug-likeness (QED) is 0.166. The number of rotatable bonds is 6. The molecule has 0 atom stereocenters. The molecule has 0 saturated heterocycles. The van der Waals surface area contributed by atoms with Gasteiger partial charge in [-0.3, -0.25) is 0 Å². The van der Waals surface area contributed by atoms with Gasteiger partial charge in [0.1, 0.15) is 5.52 Å². The van der Waals surface area contributed by atoms with Crippen LogP contribution in [0.4, 0.5) is 0 Å². The van der Waals surface area contributed by atoms with Crippen molar-refractivity contribution in [2.45, 2.75) is 0 Å². The van der Waals surface area contributed by atoms with Crippen LogP contribution >= 0.6 is 0 Å². The Bertz CT molecular complexity index is 2820. The molecule has 6 nitrogen and oxygen atoms in total. The predicted molar refractivity (Wildman–Crippen MR) is 207 cm³/mol. The topological polar surface area (TPSA) is 60.6 Å². The molecule has 0 aliphatic rings. The van der Waals surface area contributed by atoms with Crippen LogP contribution in [0.5, 0.6) is 0 Å². The molecule has 3 aromatic heterocycles. The summed E-state index contributed by atoms with van der Waals surface area (Å²) in [4.78, 5) is 15.0. The zero-order valence-electron chi connectivity index (χ0n) is 28.0. The summed E-state index contributed by atoms with van der Waals surface area (Å²) in [6.45, 7) is 0. The summed E-state index contributed by atoms with van der Waals surface area (Å²) in [5, 5.41) is 2.26. The maximum absolute atomic E-state index is 7.00. The summed E-state index contributed by atoms with van der Waals surface area (Å²) in [7, 11) is 0. The van der Waals surface area contributed by atoms with Gasteiger partial charge < -0.3 is 8.98 Å². The summed E-state index contributed by atoms with van der Waals surface area (Å²) >= 11 is 0. The number of para-hydroxylation sites is 2. The van der Waals surface area contributed by atoms with Crippen molar-refractivity contribution in [3.63, 3.8) is 0 Å². The average molecular weight is 669 g/mol. The summed E-state index contributed by atoms with van der Waals surface area (Å²) in [5.41, 5.74) is 9.62. The number of aromatic nitrogens is 5. The van der Waals surface area contributed by atoms with Crippen molar-refractivity contribution < 1.29 is 8.98 Å². The Labute approximate surface area is 299 Å². The highest BCUT2D eigenvalue weighted by Gasteiger charge is 2.30. The van der Waals surface area contributed by atoms with E-state index >= 15 is 0 Å². The molecule has 6 heteroatoms. The molecule has 10 aromatic rings. The van der Waals surface area contributed by atoms with Crippen LogP contribution in [0.1, 0.15) is 0 Å². The smallest absolute Gasteiger partial charge is 0.387 e. The van der Waals surface area contributed by atoms with E-state index in [1.807, 2.05) is 84.9 Å². The Kier molecular flexibility index (Phi) is 7.03. The first-order chi connectivity index (χ1) is 25.8. The standard InChI is InChI=1S/C46H30N5O/c1-5-16-31(17-6-1)43-47-44(32-18-7-2-8-19-32)49-45(48-43)34-22-15-25-36(30-34)50-39-27-14-13-26-37(39)38-28-29-40-42(41(38)50)52-46(33-20-9-3-10-21-33)51(40)35-23-11-4-12-24-35/h1-30H/q+1. The lowest BCUT2D eigenvalue weighted by atomic mass is 10.1. The molecule has 0 amide bonds. The molecular weight excluding hydrogens is 639 g/mol. The van der Waals surface area contributed by atoms with Gasteiger partial charge in [-0.25, -0.2) is 15.0 Å². The molecule has 0 aliphatic heterocycles. The van der Waals surface area contributed by atoms with Crippen molar-refractivity contribution in [1.29, 1.82) is 0 Å². The Morgan fingerprint density at radius 2 is 0.981 bits per heavy atom. The lowest BCUT2D eigenvalue weighted by Gasteiger charge is -2.11. The van der Waals surface area contributed by atoms with Crippen LogP contribution in [-0.4, -0.2) is 19.5 Å². The van der Waals surface area contributed by atoms with Gasteiger partial charge in [0.25, 0.3) is 5.52 Å². The van der Waals surface area contributed by atoms with Gasteiger partial charge in [0.2, 0.25) is 11.3 Å². The van der Waals surface area contributed by atoms with Crippen molar-refractivity contribution in [1.82, 2.24) is 19.5 Å². The van der Waals surface area contributed by atoms with E-state index in [4.69, 9.17) is 19.4 Å². The third kappa shape index (κ3) is 4.96. The molecule has 52 heavy (non-hydrogen) atoms. The minimum Gasteiger partial charge on any atom is -0.395 e. The summed E-state index contributed by atoms with van der Waals surface area (Å²) in [6.07, 6.45) is 0. The molecule has 0 radical (unpaired) electrons. The van der Waals surface area contributed by atoms with Crippen LogP contribution in [0.2, 0.25) is 0 Å². The highest BCUT2D eigenvalue weighted by atomic mass is 16.4. The van der Waals surface area contributed by atoms with Gasteiger partial charge in [0.15, 0.2) is 17.5 Å². The van der Waals surface area contributed by atoms with Gasteiger partial charge in [0.05, 0.1) is 11.1 Å². The lowest BCUT2D eigenvalue weighted by molar-refractivity contribution is -0.560. The Hall–Kier alpha value is -7.18. The van der Waals surface area contributed by atoms with E-state index in [0.29, 0.717) is 17.5 Å². The van der Waals surface area contributed by atoms with E-state index in [9.17, 15) is 0 Å². The minimum atomic E-state index is 0.603. The second-order valence-corrected chi connectivity index (χ2v) is 12.7. The molecule has 244 valence electrons. The number of fused-ring (bicyclic) bond motifs is 5. The molecule has 0 aliphatic carbocycles. The minimum absolute atomic E-state index is 0.603. The maximum Gasteiger partial charge on any atom is 0.387 e. The molecule has 0 spiro atoms. The average Bonchev–Trinajstić information content (AvgIpc) is 3.79. The van der Waals surface area contributed by atoms with E-state index in [1.54, 1.807) is 0 Å². The largest absolute Gasteiger partial charge is 0.395 e. The van der Waals surface area contributed by atoms with Crippen LogP contribution < -0.4 is 4.57 Å². The molecule has 0 bridgehead atoms. The predicted octanol–water partition coefficient (Wildman–Crippen LogP) is 10.7. The van der Waals surface area contributed by atoms with Crippen molar-refractivity contribution in [3.8, 4) is 57.0 Å². The van der Waals surface area contributed by atoms with Gasteiger partial charge in [-0.05, 0) is 36.4 Å². The monoisotopic (exact) mass is 668 g/mol. The van der Waals surface area contributed by atoms with Crippen molar-refractivity contribution in [3.05, 3.63) is 182 Å². The van der Waals surface area contributed by atoms with E-state index in [2.05, 4.69) is 106 Å². The fourth-order valence-electron chi connectivity index (χ4n) is 7.14. The van der Waals surface area contributed by atoms with Gasteiger partial charge in [-0.1, -0.05) is 127 Å². The van der Waals surface area contributed by atoms with E-state index in [-0.39, 0.29) is 0 Å². The second-order valence-electron chi connectivity index (χ2n) is 12.7. The van der Waals surface area contributed by atoms with E-state index in [1.165, 1.54) is 0 Å². The summed E-state index contributed by atoms with van der Waals surface area (Å²) in [6, 6.07) is 62.2. The fraction of sp³-hybridized carbons (Fsp3) is 0. The number of benzene rings is 7. The summed E-state index contributed by atoms with van der Waals surface area (Å²) in [5.74, 6) is 2.63. The molecule has 0 saturated carbocycles. The molecule has 7 aromatic carbocycles. The van der Waals surface area contributed by atoms with Crippen LogP contribution in [0.15, 0.2) is 186 Å². The SMILES string of the molecule is c1ccc(-c2nc(-c3ccccc3)nc(-c3cccc(-n4c5ccccc5c5ccc6c(oc(-c7ccccc7)[n+]6-c6ccccc6)c54)c3)n2)cc1. The van der Waals surface area contributed by atoms with Crippen LogP contribution in [-0.2, 0) is 0 Å². The molecule has 0 N–H and O–H groups in total. The number of nitrogens with zero attached hydrogens (tertiary/aromatic N) is 5. The zero-order valence-corrected chi connectivity index (χ0v) is 28.0. The Balaban J connectivity index is 1.23. The molecular formula is C46H30N5O+. The van der Waals surface area contributed by atoms with Gasteiger partial charge in [-0.2, -0.15) is 0 Å². The van der Waals surface area contributed by atoms with Crippen molar-refractivity contribution in [2.75, 3.05) is 0 Å². The molecule has 0 fully saturated rings. The highest BCUT2D eigenvalue weighted by molar-refractivity contribution is 6.16. The summed E-state index contributed by atoms with van der Waals surface area (Å²) < 4.78 is 11.5. The Morgan fingerprint density at radius 1 is 0.442 bits per heavy atom. The molecule has 3 heterocycles. The lowest BCUT2D eigenvalue weighted by Crippen LogP contribution is -2.31. The number of oxazole rings is 1. The Morgan fingerprint density at radius 3 is 1.63 bits per heavy atom.